The van der Waals surface area contributed by atoms with Gasteiger partial charge in [0.2, 0.25) is 21.8 Å². The zero-order valence-electron chi connectivity index (χ0n) is 23.6. The number of carbonyl (C=O) groups excluding carboxylic acids is 1. The average Bonchev–Trinajstić information content (AvgIpc) is 3.29. The molecule has 0 spiro atoms. The summed E-state index contributed by atoms with van der Waals surface area (Å²) < 4.78 is 56.3. The molecule has 1 unspecified atom stereocenters. The Hall–Kier alpha value is -3.85. The summed E-state index contributed by atoms with van der Waals surface area (Å²) in [7, 11) is -4.19. The number of amides is 1. The summed E-state index contributed by atoms with van der Waals surface area (Å²) >= 11 is 0. The first-order chi connectivity index (χ1) is 20.0. The topological polar surface area (TPSA) is 152 Å². The van der Waals surface area contributed by atoms with Crippen LogP contribution in [0.15, 0.2) is 47.4 Å². The Morgan fingerprint density at radius 3 is 2.60 bits per heavy atom. The van der Waals surface area contributed by atoms with Crippen LogP contribution in [0, 0.1) is 18.7 Å². The van der Waals surface area contributed by atoms with Crippen LogP contribution < -0.4 is 14.8 Å². The first-order valence-corrected chi connectivity index (χ1v) is 15.0. The van der Waals surface area contributed by atoms with Crippen molar-refractivity contribution in [1.82, 2.24) is 19.4 Å². The number of halogens is 1. The minimum absolute atomic E-state index is 0.101. The van der Waals surface area contributed by atoms with Gasteiger partial charge in [0.15, 0.2) is 5.69 Å². The summed E-state index contributed by atoms with van der Waals surface area (Å²) in [5, 5.41) is 16.5. The maximum Gasteiger partial charge on any atom is 0.356 e. The highest BCUT2D eigenvalue weighted by molar-refractivity contribution is 7.89. The van der Waals surface area contributed by atoms with Crippen molar-refractivity contribution in [2.75, 3.05) is 44.7 Å². The Labute approximate surface area is 243 Å². The molecule has 1 aliphatic rings. The summed E-state index contributed by atoms with van der Waals surface area (Å²) in [5.74, 6) is -2.76. The molecule has 1 fully saturated rings. The lowest BCUT2D eigenvalue weighted by atomic mass is 10.1. The molecule has 0 saturated carbocycles. The molecule has 3 aromatic rings. The lowest BCUT2D eigenvalue weighted by Crippen LogP contribution is -2.41. The Bertz CT molecular complexity index is 1550. The minimum Gasteiger partial charge on any atom is -0.476 e. The number of nitrogens with zero attached hydrogens (tertiary/aromatic N) is 3. The largest absolute Gasteiger partial charge is 0.476 e. The van der Waals surface area contributed by atoms with E-state index in [-0.39, 0.29) is 57.5 Å². The van der Waals surface area contributed by atoms with Gasteiger partial charge in [-0.3, -0.25) is 9.69 Å². The standard InChI is InChI=1S/C28H34FN5O7S/c1-4-18(2)26(35)31-21-8-9-23(24(17-21)42(38,39)30-10-11-33-12-14-40-15-13-33)41-27-19(3)25(28(36)37)32-34(27)22-7-5-6-20(29)16-22/h5-9,16-18,30H,4,10-15H2,1-3H3,(H,31,35)(H,36,37). The van der Waals surface area contributed by atoms with Crippen molar-refractivity contribution < 1.29 is 37.0 Å². The van der Waals surface area contributed by atoms with E-state index in [1.54, 1.807) is 6.92 Å². The maximum absolute atomic E-state index is 14.1. The van der Waals surface area contributed by atoms with Gasteiger partial charge in [0.1, 0.15) is 16.5 Å². The van der Waals surface area contributed by atoms with E-state index in [4.69, 9.17) is 9.47 Å². The Morgan fingerprint density at radius 2 is 1.93 bits per heavy atom. The van der Waals surface area contributed by atoms with Crippen LogP contribution in [0.4, 0.5) is 10.1 Å². The Balaban J connectivity index is 1.73. The number of carboxylic acid groups (broad SMARTS) is 1. The second kappa shape index (κ2) is 13.4. The van der Waals surface area contributed by atoms with Gasteiger partial charge >= 0.3 is 5.97 Å². The molecule has 42 heavy (non-hydrogen) atoms. The second-order valence-corrected chi connectivity index (χ2v) is 11.6. The molecule has 1 saturated heterocycles. The van der Waals surface area contributed by atoms with Crippen LogP contribution in [0.5, 0.6) is 11.6 Å². The molecule has 2 aromatic carbocycles. The van der Waals surface area contributed by atoms with E-state index in [2.05, 4.69) is 20.0 Å². The van der Waals surface area contributed by atoms with Crippen LogP contribution in [-0.4, -0.2) is 79.5 Å². The highest BCUT2D eigenvalue weighted by Gasteiger charge is 2.27. The molecule has 12 nitrogen and oxygen atoms in total. The van der Waals surface area contributed by atoms with Gasteiger partial charge in [0.25, 0.3) is 0 Å². The molecule has 1 aliphatic heterocycles. The minimum atomic E-state index is -4.19. The predicted molar refractivity (Wildman–Crippen MR) is 152 cm³/mol. The molecule has 2 heterocycles. The van der Waals surface area contributed by atoms with Crippen LogP contribution >= 0.6 is 0 Å². The monoisotopic (exact) mass is 603 g/mol. The second-order valence-electron chi connectivity index (χ2n) is 9.89. The quantitative estimate of drug-likeness (QED) is 0.283. The van der Waals surface area contributed by atoms with Crippen molar-refractivity contribution in [3.63, 3.8) is 0 Å². The van der Waals surface area contributed by atoms with Crippen molar-refractivity contribution in [3.05, 3.63) is 59.5 Å². The highest BCUT2D eigenvalue weighted by Crippen LogP contribution is 2.35. The van der Waals surface area contributed by atoms with Crippen molar-refractivity contribution in [1.29, 1.82) is 0 Å². The van der Waals surface area contributed by atoms with Gasteiger partial charge in [-0.2, -0.15) is 9.78 Å². The maximum atomic E-state index is 14.1. The number of ether oxygens (including phenoxy) is 2. The number of rotatable bonds is 12. The number of carboxylic acids is 1. The normalized spacial score (nSPS) is 14.9. The zero-order valence-corrected chi connectivity index (χ0v) is 24.4. The third-order valence-corrected chi connectivity index (χ3v) is 8.40. The van der Waals surface area contributed by atoms with Gasteiger partial charge in [-0.1, -0.05) is 19.9 Å². The molecular formula is C28H34FN5O7S. The number of aromatic nitrogens is 2. The third-order valence-electron chi connectivity index (χ3n) is 6.91. The molecule has 0 radical (unpaired) electrons. The number of hydrogen-bond donors (Lipinski definition) is 3. The fourth-order valence-corrected chi connectivity index (χ4v) is 5.43. The molecule has 4 rings (SSSR count). The number of sulfonamides is 1. The number of benzene rings is 2. The molecule has 1 atom stereocenters. The van der Waals surface area contributed by atoms with Gasteiger partial charge in [-0.15, -0.1) is 0 Å². The van der Waals surface area contributed by atoms with Crippen LogP contribution in [0.25, 0.3) is 5.69 Å². The number of hydrogen-bond acceptors (Lipinski definition) is 8. The van der Waals surface area contributed by atoms with E-state index in [0.29, 0.717) is 39.3 Å². The van der Waals surface area contributed by atoms with Crippen molar-refractivity contribution >= 4 is 27.6 Å². The molecule has 1 aromatic heterocycles. The summed E-state index contributed by atoms with van der Waals surface area (Å²) in [5.41, 5.74) is 0.165. The highest BCUT2D eigenvalue weighted by atomic mass is 32.2. The molecule has 14 heteroatoms. The van der Waals surface area contributed by atoms with Gasteiger partial charge in [-0.25, -0.2) is 22.3 Å². The lowest BCUT2D eigenvalue weighted by molar-refractivity contribution is -0.119. The van der Waals surface area contributed by atoms with Crippen LogP contribution in [0.1, 0.15) is 36.3 Å². The number of aromatic carboxylic acids is 1. The molecule has 0 bridgehead atoms. The molecule has 0 aliphatic carbocycles. The molecule has 3 N–H and O–H groups in total. The number of carbonyl (C=O) groups is 2. The van der Waals surface area contributed by atoms with E-state index < -0.39 is 21.8 Å². The van der Waals surface area contributed by atoms with Crippen LogP contribution in [0.3, 0.4) is 0 Å². The zero-order chi connectivity index (χ0) is 30.4. The van der Waals surface area contributed by atoms with Gasteiger partial charge < -0.3 is 19.9 Å². The van der Waals surface area contributed by atoms with Gasteiger partial charge in [-0.05, 0) is 49.7 Å². The molecule has 1 amide bonds. The van der Waals surface area contributed by atoms with Crippen molar-refractivity contribution in [2.24, 2.45) is 5.92 Å². The van der Waals surface area contributed by atoms with E-state index in [9.17, 15) is 27.5 Å². The average molecular weight is 604 g/mol. The van der Waals surface area contributed by atoms with Crippen molar-refractivity contribution in [3.8, 4) is 17.3 Å². The predicted octanol–water partition coefficient (Wildman–Crippen LogP) is 3.41. The summed E-state index contributed by atoms with van der Waals surface area (Å²) in [6.07, 6.45) is 0.594. The molecular weight excluding hydrogens is 569 g/mol. The third kappa shape index (κ3) is 7.31. The summed E-state index contributed by atoms with van der Waals surface area (Å²) in [6, 6.07) is 9.43. The first kappa shape index (κ1) is 31.1. The summed E-state index contributed by atoms with van der Waals surface area (Å²) in [6.45, 7) is 8.14. The fraction of sp³-hybridized carbons (Fsp3) is 0.393. The van der Waals surface area contributed by atoms with Gasteiger partial charge in [0.05, 0.1) is 18.9 Å². The first-order valence-electron chi connectivity index (χ1n) is 13.5. The van der Waals surface area contributed by atoms with Crippen LogP contribution in [0.2, 0.25) is 0 Å². The van der Waals surface area contributed by atoms with Crippen molar-refractivity contribution in [2.45, 2.75) is 32.1 Å². The number of morpholine rings is 1. The fourth-order valence-electron chi connectivity index (χ4n) is 4.26. The SMILES string of the molecule is CCC(C)C(=O)Nc1ccc(Oc2c(C)c(C(=O)O)nn2-c2cccc(F)c2)c(S(=O)(=O)NCCN2CCOCC2)c1. The number of nitrogens with one attached hydrogen (secondary N) is 2. The molecule has 226 valence electrons. The van der Waals surface area contributed by atoms with E-state index >= 15 is 0 Å². The smallest absolute Gasteiger partial charge is 0.356 e. The number of anilines is 1. The Morgan fingerprint density at radius 1 is 1.19 bits per heavy atom. The van der Waals surface area contributed by atoms with Gasteiger partial charge in [0, 0.05) is 43.3 Å². The lowest BCUT2D eigenvalue weighted by Gasteiger charge is -2.26. The van der Waals surface area contributed by atoms with E-state index in [0.717, 1.165) is 10.7 Å². The summed E-state index contributed by atoms with van der Waals surface area (Å²) in [4.78, 5) is 26.2. The Kier molecular flexibility index (Phi) is 9.93. The van der Waals surface area contributed by atoms with E-state index in [1.165, 1.54) is 43.3 Å². The van der Waals surface area contributed by atoms with E-state index in [1.807, 2.05) is 6.92 Å². The van der Waals surface area contributed by atoms with Crippen LogP contribution in [-0.2, 0) is 19.6 Å².